The van der Waals surface area contributed by atoms with Crippen molar-refractivity contribution < 1.29 is 9.53 Å². The summed E-state index contributed by atoms with van der Waals surface area (Å²) in [5, 5.41) is 1.03. The third kappa shape index (κ3) is 1.79. The number of aryl methyl sites for hydroxylation is 2. The van der Waals surface area contributed by atoms with Gasteiger partial charge in [-0.2, -0.15) is 0 Å². The van der Waals surface area contributed by atoms with Crippen LogP contribution < -0.4 is 0 Å². The van der Waals surface area contributed by atoms with Crippen molar-refractivity contribution in [2.75, 3.05) is 14.2 Å². The van der Waals surface area contributed by atoms with Crippen LogP contribution in [0.15, 0.2) is 17.1 Å². The Morgan fingerprint density at radius 2 is 2.00 bits per heavy atom. The maximum atomic E-state index is 11.8. The average Bonchev–Trinajstić information content (AvgIpc) is 2.74. The van der Waals surface area contributed by atoms with E-state index in [0.717, 1.165) is 27.6 Å². The zero-order valence-electron chi connectivity index (χ0n) is 11.0. The predicted octanol–water partition coefficient (Wildman–Crippen LogP) is 2.62. The van der Waals surface area contributed by atoms with E-state index in [0.29, 0.717) is 5.69 Å². The smallest absolute Gasteiger partial charge is 0.355 e. The predicted molar refractivity (Wildman–Crippen MR) is 72.6 cm³/mol. The van der Waals surface area contributed by atoms with E-state index in [1.165, 1.54) is 7.11 Å². The van der Waals surface area contributed by atoms with Crippen molar-refractivity contribution in [3.63, 3.8) is 0 Å². The highest BCUT2D eigenvalue weighted by Gasteiger charge is 2.19. The molecule has 4 nitrogen and oxygen atoms in total. The van der Waals surface area contributed by atoms with Gasteiger partial charge in [-0.25, -0.2) is 4.79 Å². The van der Waals surface area contributed by atoms with Crippen LogP contribution in [0.1, 0.15) is 27.2 Å². The van der Waals surface area contributed by atoms with Crippen LogP contribution in [0.4, 0.5) is 0 Å². The van der Waals surface area contributed by atoms with E-state index in [-0.39, 0.29) is 5.97 Å². The fraction of sp³-hybridized carbons (Fsp3) is 0.286. The minimum atomic E-state index is -0.375. The minimum Gasteiger partial charge on any atom is -0.464 e. The molecule has 0 saturated heterocycles. The Hall–Kier alpha value is -2.10. The Labute approximate surface area is 106 Å². The van der Waals surface area contributed by atoms with Gasteiger partial charge in [0.05, 0.1) is 7.11 Å². The Morgan fingerprint density at radius 1 is 1.33 bits per heavy atom. The summed E-state index contributed by atoms with van der Waals surface area (Å²) in [5.41, 5.74) is 4.41. The fourth-order valence-electron chi connectivity index (χ4n) is 2.16. The van der Waals surface area contributed by atoms with Gasteiger partial charge in [0.2, 0.25) is 0 Å². The number of aromatic amines is 1. The van der Waals surface area contributed by atoms with Gasteiger partial charge in [0.1, 0.15) is 5.69 Å². The zero-order chi connectivity index (χ0) is 13.3. The van der Waals surface area contributed by atoms with Crippen molar-refractivity contribution in [2.45, 2.75) is 13.8 Å². The van der Waals surface area contributed by atoms with Gasteiger partial charge in [0.15, 0.2) is 0 Å². The number of aliphatic imine (C=N–C) groups is 1. The van der Waals surface area contributed by atoms with E-state index in [4.69, 9.17) is 4.74 Å². The highest BCUT2D eigenvalue weighted by molar-refractivity contribution is 6.10. The van der Waals surface area contributed by atoms with Crippen LogP contribution in [0.25, 0.3) is 10.9 Å². The molecule has 0 radical (unpaired) electrons. The number of ether oxygens (including phenoxy) is 1. The van der Waals surface area contributed by atoms with Crippen LogP contribution >= 0.6 is 0 Å². The number of carbonyl (C=O) groups excluding carboxylic acids is 1. The van der Waals surface area contributed by atoms with Gasteiger partial charge in [0, 0.05) is 29.7 Å². The number of benzene rings is 1. The summed E-state index contributed by atoms with van der Waals surface area (Å²) in [4.78, 5) is 19.0. The van der Waals surface area contributed by atoms with Crippen LogP contribution in [0.3, 0.4) is 0 Å². The molecule has 94 valence electrons. The summed E-state index contributed by atoms with van der Waals surface area (Å²) in [6, 6.07) is 4.07. The molecule has 0 bridgehead atoms. The van der Waals surface area contributed by atoms with Gasteiger partial charge in [-0.15, -0.1) is 0 Å². The second-order valence-electron chi connectivity index (χ2n) is 4.24. The molecule has 1 heterocycles. The van der Waals surface area contributed by atoms with Crippen LogP contribution in [0, 0.1) is 13.8 Å². The first-order valence-electron chi connectivity index (χ1n) is 5.72. The van der Waals surface area contributed by atoms with E-state index in [1.807, 2.05) is 26.0 Å². The van der Waals surface area contributed by atoms with Crippen LogP contribution in [0.2, 0.25) is 0 Å². The number of nitrogens with zero attached hydrogens (tertiary/aromatic N) is 1. The van der Waals surface area contributed by atoms with E-state index in [9.17, 15) is 4.79 Å². The largest absolute Gasteiger partial charge is 0.464 e. The Balaban J connectivity index is 2.88. The quantitative estimate of drug-likeness (QED) is 0.652. The molecule has 2 rings (SSSR count). The number of methoxy groups -OCH3 is 1. The molecular weight excluding hydrogens is 228 g/mol. The lowest BCUT2D eigenvalue weighted by atomic mass is 10.0. The summed E-state index contributed by atoms with van der Waals surface area (Å²) in [7, 11) is 3.06. The van der Waals surface area contributed by atoms with Crippen molar-refractivity contribution in [3.05, 3.63) is 34.5 Å². The van der Waals surface area contributed by atoms with Crippen LogP contribution in [-0.2, 0) is 4.74 Å². The molecule has 1 aromatic heterocycles. The molecule has 0 amide bonds. The molecule has 2 aromatic rings. The molecule has 0 aliphatic heterocycles. The van der Waals surface area contributed by atoms with Gasteiger partial charge >= 0.3 is 5.97 Å². The number of aromatic nitrogens is 1. The average molecular weight is 244 g/mol. The van der Waals surface area contributed by atoms with Crippen molar-refractivity contribution in [1.82, 2.24) is 4.98 Å². The zero-order valence-corrected chi connectivity index (χ0v) is 11.0. The number of fused-ring (bicyclic) bond motifs is 1. The van der Waals surface area contributed by atoms with E-state index >= 15 is 0 Å². The SMILES string of the molecule is C/N=C\c1c(C(=O)OC)[nH]c2c(C)ccc(C)c12. The molecule has 1 aromatic carbocycles. The Morgan fingerprint density at radius 3 is 2.61 bits per heavy atom. The number of hydrogen-bond donors (Lipinski definition) is 1. The molecule has 18 heavy (non-hydrogen) atoms. The Kier molecular flexibility index (Phi) is 3.19. The monoisotopic (exact) mass is 244 g/mol. The van der Waals surface area contributed by atoms with Gasteiger partial charge < -0.3 is 9.72 Å². The van der Waals surface area contributed by atoms with E-state index in [2.05, 4.69) is 9.98 Å². The summed E-state index contributed by atoms with van der Waals surface area (Å²) in [5.74, 6) is -0.375. The topological polar surface area (TPSA) is 54.4 Å². The molecule has 0 spiro atoms. The lowest BCUT2D eigenvalue weighted by Crippen LogP contribution is -2.04. The van der Waals surface area contributed by atoms with Crippen molar-refractivity contribution >= 4 is 23.1 Å². The number of rotatable bonds is 2. The highest BCUT2D eigenvalue weighted by Crippen LogP contribution is 2.27. The minimum absolute atomic E-state index is 0.375. The number of esters is 1. The summed E-state index contributed by atoms with van der Waals surface area (Å²) >= 11 is 0. The fourth-order valence-corrected chi connectivity index (χ4v) is 2.16. The van der Waals surface area contributed by atoms with Gasteiger partial charge in [-0.1, -0.05) is 12.1 Å². The van der Waals surface area contributed by atoms with Crippen LogP contribution in [0.5, 0.6) is 0 Å². The number of H-pyrrole nitrogens is 1. The van der Waals surface area contributed by atoms with E-state index < -0.39 is 0 Å². The number of nitrogens with one attached hydrogen (secondary N) is 1. The summed E-state index contributed by atoms with van der Waals surface area (Å²) < 4.78 is 4.80. The highest BCUT2D eigenvalue weighted by atomic mass is 16.5. The standard InChI is InChI=1S/C14H16N2O2/c1-8-5-6-9(2)12-11(8)10(7-15-3)13(16-12)14(17)18-4/h5-7,16H,1-4H3/b15-7-. The van der Waals surface area contributed by atoms with Crippen LogP contribution in [-0.4, -0.2) is 31.3 Å². The molecule has 0 aliphatic carbocycles. The molecule has 0 atom stereocenters. The van der Waals surface area contributed by atoms with Crippen molar-refractivity contribution in [1.29, 1.82) is 0 Å². The van der Waals surface area contributed by atoms with Crippen molar-refractivity contribution in [2.24, 2.45) is 4.99 Å². The van der Waals surface area contributed by atoms with Gasteiger partial charge in [-0.3, -0.25) is 4.99 Å². The third-order valence-corrected chi connectivity index (χ3v) is 3.06. The second-order valence-corrected chi connectivity index (χ2v) is 4.24. The maximum absolute atomic E-state index is 11.8. The first kappa shape index (κ1) is 12.4. The lowest BCUT2D eigenvalue weighted by Gasteiger charge is -2.00. The van der Waals surface area contributed by atoms with Crippen molar-refractivity contribution in [3.8, 4) is 0 Å². The molecule has 0 aliphatic rings. The Bertz CT molecular complexity index is 639. The van der Waals surface area contributed by atoms with Gasteiger partial charge in [-0.05, 0) is 25.0 Å². The summed E-state index contributed by atoms with van der Waals surface area (Å²) in [6.45, 7) is 4.02. The molecule has 1 N–H and O–H groups in total. The molecule has 0 unspecified atom stereocenters. The lowest BCUT2D eigenvalue weighted by molar-refractivity contribution is 0.0595. The summed E-state index contributed by atoms with van der Waals surface area (Å²) in [6.07, 6.45) is 1.69. The first-order valence-corrected chi connectivity index (χ1v) is 5.72. The first-order chi connectivity index (χ1) is 8.60. The molecule has 4 heteroatoms. The second kappa shape index (κ2) is 4.64. The molecular formula is C14H16N2O2. The van der Waals surface area contributed by atoms with E-state index in [1.54, 1.807) is 13.3 Å². The molecule has 0 saturated carbocycles. The normalized spacial score (nSPS) is 11.3. The number of carbonyl (C=O) groups is 1. The maximum Gasteiger partial charge on any atom is 0.355 e. The molecule has 0 fully saturated rings. The van der Waals surface area contributed by atoms with Gasteiger partial charge in [0.25, 0.3) is 0 Å². The number of hydrogen-bond acceptors (Lipinski definition) is 3. The third-order valence-electron chi connectivity index (χ3n) is 3.06.